The van der Waals surface area contributed by atoms with Gasteiger partial charge in [-0.1, -0.05) is 61.5 Å². The third-order valence-corrected chi connectivity index (χ3v) is 6.56. The highest BCUT2D eigenvalue weighted by molar-refractivity contribution is 5.82. The number of aromatic hydroxyl groups is 2. The van der Waals surface area contributed by atoms with Crippen molar-refractivity contribution in [1.29, 1.82) is 0 Å². The Hall–Kier alpha value is -4.04. The maximum absolute atomic E-state index is 14.2. The summed E-state index contributed by atoms with van der Waals surface area (Å²) in [6.07, 6.45) is 0.270. The molecule has 0 unspecified atom stereocenters. The standard InChI is InChI=1S/C29H33N3O5/c1-2-6-28(36)31-20-27(35)26(17-21-7-4-3-5-8-21)30(18-22-9-13-24(33)14-10-22)29(37)32(31)19-23-11-15-25(34)16-12-23/h3-5,7-16,26-27,33-35H,2,6,17-20H2,1H3/t26-,27-/m1/s1. The lowest BCUT2D eigenvalue weighted by Gasteiger charge is -2.36. The van der Waals surface area contributed by atoms with Crippen molar-refractivity contribution in [3.05, 3.63) is 95.6 Å². The van der Waals surface area contributed by atoms with Crippen LogP contribution in [0.4, 0.5) is 4.79 Å². The topological polar surface area (TPSA) is 105 Å². The van der Waals surface area contributed by atoms with Gasteiger partial charge in [0, 0.05) is 13.0 Å². The quantitative estimate of drug-likeness (QED) is 0.430. The molecule has 3 aromatic rings. The van der Waals surface area contributed by atoms with Gasteiger partial charge in [0.1, 0.15) is 11.5 Å². The molecule has 3 aromatic carbocycles. The van der Waals surface area contributed by atoms with E-state index in [9.17, 15) is 24.9 Å². The molecule has 1 saturated heterocycles. The van der Waals surface area contributed by atoms with E-state index in [2.05, 4.69) is 0 Å². The number of carbonyl (C=O) groups excluding carboxylic acids is 2. The zero-order chi connectivity index (χ0) is 26.4. The zero-order valence-corrected chi connectivity index (χ0v) is 20.9. The van der Waals surface area contributed by atoms with E-state index in [1.807, 2.05) is 37.3 Å². The summed E-state index contributed by atoms with van der Waals surface area (Å²) in [5.41, 5.74) is 2.49. The first-order chi connectivity index (χ1) is 17.9. The summed E-state index contributed by atoms with van der Waals surface area (Å²) >= 11 is 0. The highest BCUT2D eigenvalue weighted by atomic mass is 16.3. The number of aliphatic hydroxyl groups excluding tert-OH is 1. The lowest BCUT2D eigenvalue weighted by Crippen LogP contribution is -2.52. The zero-order valence-electron chi connectivity index (χ0n) is 20.9. The van der Waals surface area contributed by atoms with Crippen molar-refractivity contribution in [2.24, 2.45) is 0 Å². The Kier molecular flexibility index (Phi) is 8.30. The van der Waals surface area contributed by atoms with E-state index >= 15 is 0 Å². The summed E-state index contributed by atoms with van der Waals surface area (Å²) in [5, 5.41) is 33.6. The molecule has 3 amide bonds. The Morgan fingerprint density at radius 3 is 1.97 bits per heavy atom. The van der Waals surface area contributed by atoms with Gasteiger partial charge >= 0.3 is 6.03 Å². The summed E-state index contributed by atoms with van der Waals surface area (Å²) in [7, 11) is 0. The second kappa shape index (κ2) is 11.8. The largest absolute Gasteiger partial charge is 0.508 e. The lowest BCUT2D eigenvalue weighted by atomic mass is 9.99. The van der Waals surface area contributed by atoms with Crippen molar-refractivity contribution in [1.82, 2.24) is 14.9 Å². The van der Waals surface area contributed by atoms with E-state index in [0.29, 0.717) is 12.8 Å². The summed E-state index contributed by atoms with van der Waals surface area (Å²) in [4.78, 5) is 29.0. The van der Waals surface area contributed by atoms with Crippen molar-refractivity contribution in [3.8, 4) is 11.5 Å². The molecule has 8 heteroatoms. The fourth-order valence-corrected chi connectivity index (χ4v) is 4.59. The molecule has 4 rings (SSSR count). The van der Waals surface area contributed by atoms with Gasteiger partial charge in [0.05, 0.1) is 25.2 Å². The van der Waals surface area contributed by atoms with Gasteiger partial charge in [-0.3, -0.25) is 4.79 Å². The fraction of sp³-hybridized carbons (Fsp3) is 0.310. The highest BCUT2D eigenvalue weighted by Crippen LogP contribution is 2.26. The number of β-amino-alcohol motifs (C(OH)–C–C–N with tert-alkyl or cyclic N) is 1. The Morgan fingerprint density at radius 1 is 0.838 bits per heavy atom. The monoisotopic (exact) mass is 503 g/mol. The minimum atomic E-state index is -0.994. The van der Waals surface area contributed by atoms with Crippen LogP contribution in [0.5, 0.6) is 11.5 Å². The first kappa shape index (κ1) is 26.0. The molecule has 37 heavy (non-hydrogen) atoms. The van der Waals surface area contributed by atoms with Gasteiger partial charge in [-0.05, 0) is 53.8 Å². The predicted molar refractivity (Wildman–Crippen MR) is 139 cm³/mol. The summed E-state index contributed by atoms with van der Waals surface area (Å²) in [6, 6.07) is 21.8. The minimum Gasteiger partial charge on any atom is -0.508 e. The Bertz CT molecular complexity index is 1180. The minimum absolute atomic E-state index is 0.0216. The average molecular weight is 504 g/mol. The van der Waals surface area contributed by atoms with E-state index in [1.54, 1.807) is 41.3 Å². The molecule has 3 N–H and O–H groups in total. The van der Waals surface area contributed by atoms with Crippen LogP contribution in [0.15, 0.2) is 78.9 Å². The van der Waals surface area contributed by atoms with E-state index < -0.39 is 18.2 Å². The van der Waals surface area contributed by atoms with Crippen molar-refractivity contribution < 1.29 is 24.9 Å². The van der Waals surface area contributed by atoms with E-state index in [1.165, 1.54) is 22.2 Å². The lowest BCUT2D eigenvalue weighted by molar-refractivity contribution is -0.147. The second-order valence-corrected chi connectivity index (χ2v) is 9.35. The molecule has 2 atom stereocenters. The molecular weight excluding hydrogens is 470 g/mol. The number of carbonyl (C=O) groups is 2. The van der Waals surface area contributed by atoms with Crippen LogP contribution in [0.1, 0.15) is 36.5 Å². The van der Waals surface area contributed by atoms with Crippen molar-refractivity contribution in [2.75, 3.05) is 6.54 Å². The van der Waals surface area contributed by atoms with E-state index in [-0.39, 0.29) is 43.5 Å². The predicted octanol–water partition coefficient (Wildman–Crippen LogP) is 4.05. The molecule has 0 bridgehead atoms. The maximum Gasteiger partial charge on any atom is 0.339 e. The third kappa shape index (κ3) is 6.40. The molecule has 0 aromatic heterocycles. The van der Waals surface area contributed by atoms with Gasteiger partial charge in [-0.25, -0.2) is 14.8 Å². The van der Waals surface area contributed by atoms with Gasteiger partial charge < -0.3 is 20.2 Å². The van der Waals surface area contributed by atoms with Crippen LogP contribution in [0.3, 0.4) is 0 Å². The number of hydrogen-bond acceptors (Lipinski definition) is 5. The smallest absolute Gasteiger partial charge is 0.339 e. The van der Waals surface area contributed by atoms with Crippen molar-refractivity contribution in [3.63, 3.8) is 0 Å². The highest BCUT2D eigenvalue weighted by Gasteiger charge is 2.41. The second-order valence-electron chi connectivity index (χ2n) is 9.35. The maximum atomic E-state index is 14.2. The SMILES string of the molecule is CCCC(=O)N1C[C@@H](O)[C@@H](Cc2ccccc2)N(Cc2ccc(O)cc2)C(=O)N1Cc1ccc(O)cc1. The Labute approximate surface area is 217 Å². The van der Waals surface area contributed by atoms with Crippen LogP contribution >= 0.6 is 0 Å². The molecule has 1 aliphatic heterocycles. The van der Waals surface area contributed by atoms with Crippen LogP contribution in [0, 0.1) is 0 Å². The molecular formula is C29H33N3O5. The van der Waals surface area contributed by atoms with Gasteiger partial charge in [0.25, 0.3) is 0 Å². The van der Waals surface area contributed by atoms with Gasteiger partial charge in [0.2, 0.25) is 5.91 Å². The molecule has 0 aliphatic carbocycles. The molecule has 1 aliphatic rings. The van der Waals surface area contributed by atoms with Gasteiger partial charge in [-0.15, -0.1) is 0 Å². The number of aliphatic hydroxyl groups is 1. The van der Waals surface area contributed by atoms with Crippen molar-refractivity contribution in [2.45, 2.75) is 51.4 Å². The molecule has 194 valence electrons. The van der Waals surface area contributed by atoms with E-state index in [4.69, 9.17) is 0 Å². The summed E-state index contributed by atoms with van der Waals surface area (Å²) in [5.74, 6) is -0.00658. The Morgan fingerprint density at radius 2 is 1.41 bits per heavy atom. The number of phenolic OH excluding ortho intramolecular Hbond substituents is 2. The number of hydrazine groups is 1. The van der Waals surface area contributed by atoms with Gasteiger partial charge in [-0.2, -0.15) is 0 Å². The molecule has 0 radical (unpaired) electrons. The number of hydrogen-bond donors (Lipinski definition) is 3. The molecule has 1 heterocycles. The van der Waals surface area contributed by atoms with Crippen LogP contribution in [-0.2, 0) is 24.3 Å². The summed E-state index contributed by atoms with van der Waals surface area (Å²) < 4.78 is 0. The number of amides is 3. The molecule has 0 spiro atoms. The van der Waals surface area contributed by atoms with Crippen molar-refractivity contribution >= 4 is 11.9 Å². The summed E-state index contributed by atoms with van der Waals surface area (Å²) in [6.45, 7) is 2.17. The normalized spacial score (nSPS) is 18.1. The van der Waals surface area contributed by atoms with Gasteiger partial charge in [0.15, 0.2) is 0 Å². The number of nitrogens with zero attached hydrogens (tertiary/aromatic N) is 3. The van der Waals surface area contributed by atoms with Crippen LogP contribution in [0.25, 0.3) is 0 Å². The van der Waals surface area contributed by atoms with Crippen LogP contribution < -0.4 is 0 Å². The first-order valence-electron chi connectivity index (χ1n) is 12.5. The number of benzene rings is 3. The van der Waals surface area contributed by atoms with E-state index in [0.717, 1.165) is 16.7 Å². The molecule has 8 nitrogen and oxygen atoms in total. The molecule has 1 fully saturated rings. The third-order valence-electron chi connectivity index (χ3n) is 6.56. The number of phenols is 2. The van der Waals surface area contributed by atoms with Crippen LogP contribution in [0.2, 0.25) is 0 Å². The Balaban J connectivity index is 1.74. The fourth-order valence-electron chi connectivity index (χ4n) is 4.59. The average Bonchev–Trinajstić information content (AvgIpc) is 2.98. The first-order valence-corrected chi connectivity index (χ1v) is 12.5. The van der Waals surface area contributed by atoms with Crippen LogP contribution in [-0.4, -0.2) is 60.9 Å². The number of urea groups is 1. The number of rotatable bonds is 8. The molecule has 0 saturated carbocycles.